The minimum Gasteiger partial charge on any atom is -0.326 e. The van der Waals surface area contributed by atoms with Gasteiger partial charge in [0.25, 0.3) is 0 Å². The van der Waals surface area contributed by atoms with E-state index < -0.39 is 0 Å². The van der Waals surface area contributed by atoms with Gasteiger partial charge < -0.3 is 10.6 Å². The zero-order valence-corrected chi connectivity index (χ0v) is 15.0. The number of benzene rings is 1. The Kier molecular flexibility index (Phi) is 5.52. The molecule has 2 amide bonds. The molecule has 1 atom stereocenters. The average Bonchev–Trinajstić information content (AvgIpc) is 3.31. The lowest BCUT2D eigenvalue weighted by atomic mass is 10.3. The molecule has 1 aliphatic carbocycles. The van der Waals surface area contributed by atoms with Crippen LogP contribution in [0.15, 0.2) is 40.7 Å². The third kappa shape index (κ3) is 4.58. The molecule has 126 valence electrons. The molecule has 0 aliphatic heterocycles. The maximum Gasteiger partial charge on any atom is 0.239 e. The highest BCUT2D eigenvalue weighted by atomic mass is 32.2. The van der Waals surface area contributed by atoms with Gasteiger partial charge in [-0.2, -0.15) is 0 Å². The van der Waals surface area contributed by atoms with E-state index in [1.165, 1.54) is 23.1 Å². The van der Waals surface area contributed by atoms with E-state index in [0.717, 1.165) is 23.4 Å². The van der Waals surface area contributed by atoms with E-state index in [-0.39, 0.29) is 23.0 Å². The monoisotopic (exact) mass is 361 g/mol. The maximum absolute atomic E-state index is 12.4. The molecule has 0 spiro atoms. The average molecular weight is 361 g/mol. The molecule has 0 saturated heterocycles. The Hall–Kier alpha value is -1.86. The number of nitrogens with one attached hydrogen (secondary N) is 2. The van der Waals surface area contributed by atoms with Gasteiger partial charge in [-0.25, -0.2) is 4.98 Å². The Morgan fingerprint density at radius 3 is 2.88 bits per heavy atom. The van der Waals surface area contributed by atoms with Crippen LogP contribution in [0.4, 0.5) is 10.8 Å². The number of thioether (sulfide) groups is 1. The Balaban J connectivity index is 1.62. The molecule has 24 heavy (non-hydrogen) atoms. The molecule has 5 nitrogen and oxygen atoms in total. The number of anilines is 2. The predicted octanol–water partition coefficient (Wildman–Crippen LogP) is 4.00. The van der Waals surface area contributed by atoms with Crippen molar-refractivity contribution in [3.63, 3.8) is 0 Å². The van der Waals surface area contributed by atoms with E-state index in [0.29, 0.717) is 11.6 Å². The smallest absolute Gasteiger partial charge is 0.239 e. The molecule has 1 unspecified atom stereocenters. The highest BCUT2D eigenvalue weighted by Crippen LogP contribution is 2.32. The highest BCUT2D eigenvalue weighted by Gasteiger charge is 2.29. The van der Waals surface area contributed by atoms with E-state index in [1.807, 2.05) is 36.6 Å². The fourth-order valence-corrected chi connectivity index (χ4v) is 3.74. The van der Waals surface area contributed by atoms with Crippen molar-refractivity contribution in [2.24, 2.45) is 5.92 Å². The van der Waals surface area contributed by atoms with Gasteiger partial charge in [-0.15, -0.1) is 23.1 Å². The van der Waals surface area contributed by atoms with Crippen molar-refractivity contribution >= 4 is 45.7 Å². The first kappa shape index (κ1) is 17.0. The second-order valence-corrected chi connectivity index (χ2v) is 7.80. The number of hydrogen-bond acceptors (Lipinski definition) is 5. The molecule has 1 aromatic carbocycles. The van der Waals surface area contributed by atoms with Gasteiger partial charge in [0.1, 0.15) is 0 Å². The molecule has 1 aromatic heterocycles. The summed E-state index contributed by atoms with van der Waals surface area (Å²) in [6, 6.07) is 7.65. The van der Waals surface area contributed by atoms with Gasteiger partial charge in [0.2, 0.25) is 11.8 Å². The van der Waals surface area contributed by atoms with Crippen molar-refractivity contribution in [1.82, 2.24) is 4.98 Å². The molecule has 0 bridgehead atoms. The molecular weight excluding hydrogens is 342 g/mol. The fraction of sp³-hybridized carbons (Fsp3) is 0.353. The largest absolute Gasteiger partial charge is 0.326 e. The Labute approximate surface area is 149 Å². The summed E-state index contributed by atoms with van der Waals surface area (Å²) in [6.07, 6.45) is 4.34. The van der Waals surface area contributed by atoms with Crippen molar-refractivity contribution in [3.05, 3.63) is 35.8 Å². The lowest BCUT2D eigenvalue weighted by Gasteiger charge is -2.14. The number of aromatic nitrogens is 1. The fourth-order valence-electron chi connectivity index (χ4n) is 2.19. The van der Waals surface area contributed by atoms with Crippen LogP contribution in [-0.4, -0.2) is 22.0 Å². The summed E-state index contributed by atoms with van der Waals surface area (Å²) < 4.78 is 0. The standard InChI is InChI=1S/C17H19N3O2S2/c1-2-14(16(22)20-17-18-8-9-23-17)24-13-5-3-4-12(10-13)19-15(21)11-6-7-11/h3-5,8-11,14H,2,6-7H2,1H3,(H,19,21)(H,18,20,22). The summed E-state index contributed by atoms with van der Waals surface area (Å²) in [7, 11) is 0. The van der Waals surface area contributed by atoms with Gasteiger partial charge >= 0.3 is 0 Å². The van der Waals surface area contributed by atoms with Crippen LogP contribution < -0.4 is 10.6 Å². The second kappa shape index (κ2) is 7.81. The van der Waals surface area contributed by atoms with E-state index in [4.69, 9.17) is 0 Å². The van der Waals surface area contributed by atoms with Crippen LogP contribution in [-0.2, 0) is 9.59 Å². The van der Waals surface area contributed by atoms with E-state index in [2.05, 4.69) is 15.6 Å². The first-order valence-corrected chi connectivity index (χ1v) is 9.69. The van der Waals surface area contributed by atoms with Crippen LogP contribution in [0.1, 0.15) is 26.2 Å². The number of rotatable bonds is 7. The number of thiazole rings is 1. The van der Waals surface area contributed by atoms with Gasteiger partial charge in [-0.1, -0.05) is 13.0 Å². The van der Waals surface area contributed by atoms with Crippen LogP contribution in [0, 0.1) is 5.92 Å². The second-order valence-electron chi connectivity index (χ2n) is 5.63. The Bertz CT molecular complexity index is 714. The summed E-state index contributed by atoms with van der Waals surface area (Å²) in [5, 5.41) is 8.02. The number of carbonyl (C=O) groups excluding carboxylic acids is 2. The Morgan fingerprint density at radius 1 is 1.38 bits per heavy atom. The molecule has 3 rings (SSSR count). The van der Waals surface area contributed by atoms with Gasteiger partial charge in [0.05, 0.1) is 5.25 Å². The minimum absolute atomic E-state index is 0.0510. The first-order chi connectivity index (χ1) is 11.7. The molecule has 1 saturated carbocycles. The quantitative estimate of drug-likeness (QED) is 0.731. The molecule has 0 radical (unpaired) electrons. The molecule has 1 heterocycles. The van der Waals surface area contributed by atoms with Crippen LogP contribution in [0.3, 0.4) is 0 Å². The number of nitrogens with zero attached hydrogens (tertiary/aromatic N) is 1. The topological polar surface area (TPSA) is 71.1 Å². The van der Waals surface area contributed by atoms with E-state index in [9.17, 15) is 9.59 Å². The summed E-state index contributed by atoms with van der Waals surface area (Å²) in [5.41, 5.74) is 0.784. The summed E-state index contributed by atoms with van der Waals surface area (Å²) >= 11 is 2.90. The number of hydrogen-bond donors (Lipinski definition) is 2. The summed E-state index contributed by atoms with van der Waals surface area (Å²) in [4.78, 5) is 29.3. The maximum atomic E-state index is 12.4. The predicted molar refractivity (Wildman–Crippen MR) is 98.5 cm³/mol. The van der Waals surface area contributed by atoms with Gasteiger partial charge in [0, 0.05) is 28.1 Å². The zero-order chi connectivity index (χ0) is 16.9. The Morgan fingerprint density at radius 2 is 2.21 bits per heavy atom. The highest BCUT2D eigenvalue weighted by molar-refractivity contribution is 8.00. The van der Waals surface area contributed by atoms with Crippen LogP contribution in [0.5, 0.6) is 0 Å². The van der Waals surface area contributed by atoms with Crippen LogP contribution >= 0.6 is 23.1 Å². The van der Waals surface area contributed by atoms with Crippen molar-refractivity contribution in [2.75, 3.05) is 10.6 Å². The lowest BCUT2D eigenvalue weighted by Crippen LogP contribution is -2.24. The summed E-state index contributed by atoms with van der Waals surface area (Å²) in [6.45, 7) is 1.98. The molecular formula is C17H19N3O2S2. The van der Waals surface area contributed by atoms with E-state index in [1.54, 1.807) is 6.20 Å². The zero-order valence-electron chi connectivity index (χ0n) is 13.3. The SMILES string of the molecule is CCC(Sc1cccc(NC(=O)C2CC2)c1)C(=O)Nc1nccs1. The molecule has 1 aliphatic rings. The van der Waals surface area contributed by atoms with Gasteiger partial charge in [-0.05, 0) is 37.5 Å². The van der Waals surface area contributed by atoms with Crippen molar-refractivity contribution in [1.29, 1.82) is 0 Å². The van der Waals surface area contributed by atoms with Crippen LogP contribution in [0.2, 0.25) is 0 Å². The van der Waals surface area contributed by atoms with E-state index >= 15 is 0 Å². The van der Waals surface area contributed by atoms with Crippen LogP contribution in [0.25, 0.3) is 0 Å². The third-order valence-corrected chi connectivity index (χ3v) is 5.70. The van der Waals surface area contributed by atoms with Crippen molar-refractivity contribution in [2.45, 2.75) is 36.3 Å². The molecule has 1 fully saturated rings. The van der Waals surface area contributed by atoms with Crippen molar-refractivity contribution < 1.29 is 9.59 Å². The third-order valence-electron chi connectivity index (χ3n) is 3.65. The lowest BCUT2D eigenvalue weighted by molar-refractivity contribution is -0.117. The minimum atomic E-state index is -0.205. The molecule has 2 aromatic rings. The van der Waals surface area contributed by atoms with Crippen molar-refractivity contribution in [3.8, 4) is 0 Å². The van der Waals surface area contributed by atoms with Gasteiger partial charge in [0.15, 0.2) is 5.13 Å². The molecule has 7 heteroatoms. The number of amides is 2. The normalized spacial score (nSPS) is 14.9. The van der Waals surface area contributed by atoms with Gasteiger partial charge in [-0.3, -0.25) is 9.59 Å². The number of carbonyl (C=O) groups is 2. The first-order valence-electron chi connectivity index (χ1n) is 7.93. The molecule has 2 N–H and O–H groups in total. The summed E-state index contributed by atoms with van der Waals surface area (Å²) in [5.74, 6) is 0.212.